The van der Waals surface area contributed by atoms with Gasteiger partial charge in [-0.25, -0.2) is 0 Å². The van der Waals surface area contributed by atoms with Crippen molar-refractivity contribution in [3.8, 4) is 0 Å². The van der Waals surface area contributed by atoms with Crippen molar-refractivity contribution in [2.45, 2.75) is 72.4 Å². The van der Waals surface area contributed by atoms with E-state index in [4.69, 9.17) is 0 Å². The van der Waals surface area contributed by atoms with Crippen LogP contribution in [0.1, 0.15) is 71.5 Å². The monoisotopic (exact) mass is 355 g/mol. The molecule has 120 valence electrons. The van der Waals surface area contributed by atoms with Crippen molar-refractivity contribution in [3.05, 3.63) is 16.4 Å². The van der Waals surface area contributed by atoms with Crippen LogP contribution in [0.25, 0.3) is 0 Å². The van der Waals surface area contributed by atoms with Crippen LogP contribution in [0.2, 0.25) is 0 Å². The molecule has 1 N–H and O–H groups in total. The van der Waals surface area contributed by atoms with Gasteiger partial charge in [0.1, 0.15) is 0 Å². The smallest absolute Gasteiger partial charge is 0.0698 e. The predicted molar refractivity (Wildman–Crippen MR) is 92.4 cm³/mol. The maximum absolute atomic E-state index is 4.52. The van der Waals surface area contributed by atoms with E-state index < -0.39 is 0 Å². The van der Waals surface area contributed by atoms with Crippen LogP contribution in [0.4, 0.5) is 0 Å². The van der Waals surface area contributed by atoms with Crippen molar-refractivity contribution in [1.82, 2.24) is 15.1 Å². The lowest BCUT2D eigenvalue weighted by molar-refractivity contribution is 0.158. The summed E-state index contributed by atoms with van der Waals surface area (Å²) in [6.45, 7) is 11.2. The second-order valence-electron chi connectivity index (χ2n) is 7.13. The van der Waals surface area contributed by atoms with Gasteiger partial charge in [-0.15, -0.1) is 0 Å². The molecule has 0 aliphatic heterocycles. The first-order valence-electron chi connectivity index (χ1n) is 8.43. The summed E-state index contributed by atoms with van der Waals surface area (Å²) >= 11 is 3.72. The van der Waals surface area contributed by atoms with Crippen molar-refractivity contribution in [2.75, 3.05) is 6.54 Å². The Bertz CT molecular complexity index is 443. The van der Waals surface area contributed by atoms with E-state index in [0.29, 0.717) is 11.5 Å². The molecule has 0 radical (unpaired) electrons. The molecule has 1 heterocycles. The van der Waals surface area contributed by atoms with Crippen LogP contribution in [-0.4, -0.2) is 16.3 Å². The SMILES string of the molecule is CCCNC(c1c(Br)cnn1CC)C1CCC(C)(C)CC1. The van der Waals surface area contributed by atoms with Gasteiger partial charge in [-0.1, -0.05) is 20.8 Å². The second kappa shape index (κ2) is 7.28. The summed E-state index contributed by atoms with van der Waals surface area (Å²) in [4.78, 5) is 0. The van der Waals surface area contributed by atoms with Gasteiger partial charge in [-0.05, 0) is 72.8 Å². The average Bonchev–Trinajstić information content (AvgIpc) is 2.82. The number of hydrogen-bond acceptors (Lipinski definition) is 2. The van der Waals surface area contributed by atoms with Crippen LogP contribution in [0, 0.1) is 11.3 Å². The largest absolute Gasteiger partial charge is 0.308 e. The first-order valence-corrected chi connectivity index (χ1v) is 9.22. The Hall–Kier alpha value is -0.350. The third-order valence-corrected chi connectivity index (χ3v) is 5.51. The van der Waals surface area contributed by atoms with E-state index in [1.807, 2.05) is 6.20 Å². The molecule has 1 atom stereocenters. The third-order valence-electron chi connectivity index (χ3n) is 4.90. The molecule has 0 aromatic carbocycles. The molecule has 1 aliphatic rings. The van der Waals surface area contributed by atoms with Crippen LogP contribution in [0.5, 0.6) is 0 Å². The number of aromatic nitrogens is 2. The lowest BCUT2D eigenvalue weighted by atomic mass is 9.70. The molecule has 0 bridgehead atoms. The molecule has 1 unspecified atom stereocenters. The summed E-state index contributed by atoms with van der Waals surface area (Å²) in [5.41, 5.74) is 1.87. The molecule has 1 aromatic rings. The van der Waals surface area contributed by atoms with Crippen molar-refractivity contribution >= 4 is 15.9 Å². The summed E-state index contributed by atoms with van der Waals surface area (Å²) in [6.07, 6.45) is 8.42. The Morgan fingerprint density at radius 2 is 2.05 bits per heavy atom. The van der Waals surface area contributed by atoms with Gasteiger partial charge in [0.2, 0.25) is 0 Å². The number of aryl methyl sites for hydroxylation is 1. The Morgan fingerprint density at radius 1 is 1.38 bits per heavy atom. The molecule has 0 amide bonds. The van der Waals surface area contributed by atoms with Crippen molar-refractivity contribution in [1.29, 1.82) is 0 Å². The molecule has 3 nitrogen and oxygen atoms in total. The minimum absolute atomic E-state index is 0.429. The lowest BCUT2D eigenvalue weighted by Gasteiger charge is -2.38. The summed E-state index contributed by atoms with van der Waals surface area (Å²) in [5, 5.41) is 8.31. The number of hydrogen-bond donors (Lipinski definition) is 1. The van der Waals surface area contributed by atoms with E-state index in [2.05, 4.69) is 58.7 Å². The highest BCUT2D eigenvalue weighted by atomic mass is 79.9. The molecule has 1 aliphatic carbocycles. The molecule has 2 rings (SSSR count). The molecule has 1 fully saturated rings. The fraction of sp³-hybridized carbons (Fsp3) is 0.824. The summed E-state index contributed by atoms with van der Waals surface area (Å²) in [5.74, 6) is 0.725. The quantitative estimate of drug-likeness (QED) is 0.784. The first kappa shape index (κ1) is 17.0. The minimum Gasteiger partial charge on any atom is -0.308 e. The molecular weight excluding hydrogens is 326 g/mol. The van der Waals surface area contributed by atoms with Gasteiger partial charge in [0, 0.05) is 6.54 Å². The maximum Gasteiger partial charge on any atom is 0.0698 e. The van der Waals surface area contributed by atoms with Crippen molar-refractivity contribution in [3.63, 3.8) is 0 Å². The molecule has 1 saturated carbocycles. The van der Waals surface area contributed by atoms with E-state index in [0.717, 1.165) is 23.5 Å². The van der Waals surface area contributed by atoms with Crippen LogP contribution >= 0.6 is 15.9 Å². The Morgan fingerprint density at radius 3 is 2.62 bits per heavy atom. The zero-order valence-corrected chi connectivity index (χ0v) is 15.5. The highest BCUT2D eigenvalue weighted by Gasteiger charge is 2.34. The van der Waals surface area contributed by atoms with E-state index in [1.165, 1.54) is 37.8 Å². The highest BCUT2D eigenvalue weighted by molar-refractivity contribution is 9.10. The number of rotatable bonds is 6. The molecule has 0 spiro atoms. The molecule has 4 heteroatoms. The van der Waals surface area contributed by atoms with Crippen molar-refractivity contribution in [2.24, 2.45) is 11.3 Å². The standard InChI is InChI=1S/C17H30BrN3/c1-5-11-19-15(13-7-9-17(3,4)10-8-13)16-14(18)12-20-21(16)6-2/h12-13,15,19H,5-11H2,1-4H3. The van der Waals surface area contributed by atoms with Crippen LogP contribution < -0.4 is 5.32 Å². The predicted octanol–water partition coefficient (Wildman–Crippen LogP) is 4.92. The minimum atomic E-state index is 0.429. The van der Waals surface area contributed by atoms with E-state index >= 15 is 0 Å². The summed E-state index contributed by atoms with van der Waals surface area (Å²) < 4.78 is 3.31. The lowest BCUT2D eigenvalue weighted by Crippen LogP contribution is -2.35. The highest BCUT2D eigenvalue weighted by Crippen LogP contribution is 2.43. The third kappa shape index (κ3) is 4.10. The first-order chi connectivity index (χ1) is 9.98. The Kier molecular flexibility index (Phi) is 5.89. The molecule has 0 saturated heterocycles. The number of nitrogens with zero attached hydrogens (tertiary/aromatic N) is 2. The molecular formula is C17H30BrN3. The van der Waals surface area contributed by atoms with Gasteiger partial charge in [-0.3, -0.25) is 4.68 Å². The Labute approximate surface area is 138 Å². The van der Waals surface area contributed by atoms with Crippen LogP contribution in [-0.2, 0) is 6.54 Å². The van der Waals surface area contributed by atoms with E-state index in [9.17, 15) is 0 Å². The van der Waals surface area contributed by atoms with Crippen LogP contribution in [0.3, 0.4) is 0 Å². The second-order valence-corrected chi connectivity index (χ2v) is 7.98. The van der Waals surface area contributed by atoms with Gasteiger partial charge in [0.25, 0.3) is 0 Å². The summed E-state index contributed by atoms with van der Waals surface area (Å²) in [6, 6.07) is 0.429. The van der Waals surface area contributed by atoms with E-state index in [-0.39, 0.29) is 0 Å². The molecule has 21 heavy (non-hydrogen) atoms. The zero-order chi connectivity index (χ0) is 15.5. The van der Waals surface area contributed by atoms with Crippen LogP contribution in [0.15, 0.2) is 10.7 Å². The summed E-state index contributed by atoms with van der Waals surface area (Å²) in [7, 11) is 0. The van der Waals surface area contributed by atoms with Gasteiger partial charge in [0.15, 0.2) is 0 Å². The van der Waals surface area contributed by atoms with Gasteiger partial charge >= 0.3 is 0 Å². The van der Waals surface area contributed by atoms with Gasteiger partial charge in [-0.2, -0.15) is 5.10 Å². The maximum atomic E-state index is 4.52. The average molecular weight is 356 g/mol. The normalized spacial score (nSPS) is 20.6. The molecule has 1 aromatic heterocycles. The zero-order valence-electron chi connectivity index (χ0n) is 14.0. The fourth-order valence-electron chi connectivity index (χ4n) is 3.47. The Balaban J connectivity index is 2.20. The van der Waals surface area contributed by atoms with Crippen molar-refractivity contribution < 1.29 is 0 Å². The number of nitrogens with one attached hydrogen (secondary N) is 1. The van der Waals surface area contributed by atoms with Gasteiger partial charge < -0.3 is 5.32 Å². The fourth-order valence-corrected chi connectivity index (χ4v) is 4.02. The van der Waals surface area contributed by atoms with Gasteiger partial charge in [0.05, 0.1) is 22.4 Å². The number of halogens is 1. The van der Waals surface area contributed by atoms with E-state index in [1.54, 1.807) is 0 Å². The topological polar surface area (TPSA) is 29.9 Å².